The van der Waals surface area contributed by atoms with Crippen LogP contribution in [0.25, 0.3) is 6.08 Å². The highest BCUT2D eigenvalue weighted by molar-refractivity contribution is 5.93. The highest BCUT2D eigenvalue weighted by atomic mass is 19.1. The Morgan fingerprint density at radius 2 is 1.89 bits per heavy atom. The third-order valence-electron chi connectivity index (χ3n) is 3.31. The molecule has 0 fully saturated rings. The monoisotopic (exact) mass is 373 g/mol. The van der Waals surface area contributed by atoms with Crippen LogP contribution in [0.3, 0.4) is 0 Å². The van der Waals surface area contributed by atoms with Crippen LogP contribution >= 0.6 is 0 Å². The number of nitro groups is 1. The van der Waals surface area contributed by atoms with Gasteiger partial charge in [0.25, 0.3) is 17.5 Å². The molecule has 0 unspecified atom stereocenters. The first-order valence-electron chi connectivity index (χ1n) is 7.80. The Hall–Kier alpha value is -3.75. The van der Waals surface area contributed by atoms with Gasteiger partial charge in [-0.25, -0.2) is 4.39 Å². The van der Waals surface area contributed by atoms with Crippen molar-refractivity contribution in [3.8, 4) is 5.75 Å². The first-order valence-corrected chi connectivity index (χ1v) is 7.80. The Bertz CT molecular complexity index is 868. The first kappa shape index (κ1) is 19.6. The lowest BCUT2D eigenvalue weighted by Gasteiger charge is -2.14. The zero-order valence-electron chi connectivity index (χ0n) is 14.2. The molecular formula is C18H16FN3O5. The smallest absolute Gasteiger partial charge is 0.279 e. The van der Waals surface area contributed by atoms with E-state index in [1.807, 2.05) is 0 Å². The zero-order chi connectivity index (χ0) is 19.8. The Balaban J connectivity index is 1.83. The number of carbonyl (C=O) groups excluding carboxylic acids is 2. The van der Waals surface area contributed by atoms with Gasteiger partial charge in [0, 0.05) is 18.2 Å². The minimum absolute atomic E-state index is 0.0994. The molecular weight excluding hydrogens is 357 g/mol. The number of hydrazine groups is 1. The fraction of sp³-hybridized carbons (Fsp3) is 0.111. The summed E-state index contributed by atoms with van der Waals surface area (Å²) in [6.45, 7) is 1.46. The van der Waals surface area contributed by atoms with Crippen LogP contribution in [0.15, 0.2) is 54.6 Å². The summed E-state index contributed by atoms with van der Waals surface area (Å²) in [5.41, 5.74) is 4.71. The van der Waals surface area contributed by atoms with E-state index < -0.39 is 28.7 Å². The normalized spacial score (nSPS) is 11.6. The molecule has 2 amide bonds. The lowest BCUT2D eigenvalue weighted by Crippen LogP contribution is -2.46. The molecule has 2 rings (SSSR count). The number of hydrogen-bond acceptors (Lipinski definition) is 5. The van der Waals surface area contributed by atoms with Crippen molar-refractivity contribution < 1.29 is 23.6 Å². The van der Waals surface area contributed by atoms with Gasteiger partial charge in [-0.2, -0.15) is 0 Å². The fourth-order valence-electron chi connectivity index (χ4n) is 1.95. The second kappa shape index (κ2) is 9.09. The standard InChI is InChI=1S/C18H16FN3O5/c1-12(27-16-8-6-14(19)7-9-16)18(24)21-20-17(23)10-5-13-3-2-4-15(11-13)22(25)26/h2-12H,1H3,(H,20,23)(H,21,24)/b10-5+/t12-/m1/s1. The number of ether oxygens (including phenoxy) is 1. The molecule has 0 spiro atoms. The molecule has 27 heavy (non-hydrogen) atoms. The maximum atomic E-state index is 12.8. The molecule has 140 valence electrons. The van der Waals surface area contributed by atoms with Gasteiger partial charge in [-0.3, -0.25) is 30.6 Å². The van der Waals surface area contributed by atoms with Gasteiger partial charge < -0.3 is 4.74 Å². The predicted octanol–water partition coefficient (Wildman–Crippen LogP) is 2.36. The van der Waals surface area contributed by atoms with Crippen LogP contribution in [-0.2, 0) is 9.59 Å². The van der Waals surface area contributed by atoms with E-state index in [9.17, 15) is 24.1 Å². The highest BCUT2D eigenvalue weighted by Crippen LogP contribution is 2.14. The number of halogens is 1. The number of nitro benzene ring substituents is 1. The molecule has 0 aromatic heterocycles. The molecule has 0 aliphatic carbocycles. The van der Waals surface area contributed by atoms with Gasteiger partial charge in [0.2, 0.25) is 0 Å². The van der Waals surface area contributed by atoms with Crippen LogP contribution in [0, 0.1) is 15.9 Å². The average molecular weight is 373 g/mol. The van der Waals surface area contributed by atoms with E-state index in [2.05, 4.69) is 10.9 Å². The summed E-state index contributed by atoms with van der Waals surface area (Å²) in [6.07, 6.45) is 1.55. The number of benzene rings is 2. The fourth-order valence-corrected chi connectivity index (χ4v) is 1.95. The van der Waals surface area contributed by atoms with Gasteiger partial charge >= 0.3 is 0 Å². The van der Waals surface area contributed by atoms with Crippen molar-refractivity contribution in [3.05, 3.63) is 76.1 Å². The second-order valence-electron chi connectivity index (χ2n) is 5.38. The minimum Gasteiger partial charge on any atom is -0.481 e. The molecule has 8 nitrogen and oxygen atoms in total. The first-order chi connectivity index (χ1) is 12.8. The van der Waals surface area contributed by atoms with E-state index in [1.165, 1.54) is 55.5 Å². The summed E-state index contributed by atoms with van der Waals surface area (Å²) in [7, 11) is 0. The lowest BCUT2D eigenvalue weighted by molar-refractivity contribution is -0.384. The van der Waals surface area contributed by atoms with Crippen molar-refractivity contribution >= 4 is 23.6 Å². The SMILES string of the molecule is C[C@@H](Oc1ccc(F)cc1)C(=O)NNC(=O)/C=C/c1cccc([N+](=O)[O-])c1. The van der Waals surface area contributed by atoms with Gasteiger partial charge in [0.1, 0.15) is 11.6 Å². The maximum Gasteiger partial charge on any atom is 0.279 e. The number of nitrogens with zero attached hydrogens (tertiary/aromatic N) is 1. The molecule has 0 saturated heterocycles. The predicted molar refractivity (Wildman–Crippen MR) is 94.9 cm³/mol. The van der Waals surface area contributed by atoms with E-state index >= 15 is 0 Å². The zero-order valence-corrected chi connectivity index (χ0v) is 14.2. The molecule has 0 aliphatic rings. The molecule has 0 aliphatic heterocycles. The summed E-state index contributed by atoms with van der Waals surface area (Å²) in [5, 5.41) is 10.7. The summed E-state index contributed by atoms with van der Waals surface area (Å²) >= 11 is 0. The topological polar surface area (TPSA) is 111 Å². The van der Waals surface area contributed by atoms with Crippen LogP contribution < -0.4 is 15.6 Å². The van der Waals surface area contributed by atoms with Gasteiger partial charge in [-0.15, -0.1) is 0 Å². The number of non-ortho nitro benzene ring substituents is 1. The van der Waals surface area contributed by atoms with Crippen LogP contribution in [0.4, 0.5) is 10.1 Å². The van der Waals surface area contributed by atoms with E-state index in [1.54, 1.807) is 6.07 Å². The van der Waals surface area contributed by atoms with Crippen molar-refractivity contribution in [2.45, 2.75) is 13.0 Å². The molecule has 0 saturated carbocycles. The average Bonchev–Trinajstić information content (AvgIpc) is 2.66. The Kier molecular flexibility index (Phi) is 6.59. The summed E-state index contributed by atoms with van der Waals surface area (Å²) in [5.74, 6) is -1.38. The van der Waals surface area contributed by atoms with E-state index in [0.717, 1.165) is 6.08 Å². The summed E-state index contributed by atoms with van der Waals surface area (Å²) in [4.78, 5) is 33.8. The van der Waals surface area contributed by atoms with E-state index in [0.29, 0.717) is 11.3 Å². The molecule has 1 atom stereocenters. The molecule has 0 heterocycles. The number of amides is 2. The third-order valence-corrected chi connectivity index (χ3v) is 3.31. The Morgan fingerprint density at radius 3 is 2.56 bits per heavy atom. The second-order valence-corrected chi connectivity index (χ2v) is 5.38. The molecule has 9 heteroatoms. The molecule has 2 aromatic rings. The summed E-state index contributed by atoms with van der Waals surface area (Å²) in [6, 6.07) is 10.9. The van der Waals surface area contributed by atoms with Crippen molar-refractivity contribution in [2.24, 2.45) is 0 Å². The number of rotatable bonds is 6. The molecule has 2 N–H and O–H groups in total. The Labute approximate surface area is 153 Å². The number of hydrogen-bond donors (Lipinski definition) is 2. The van der Waals surface area contributed by atoms with E-state index in [-0.39, 0.29) is 5.69 Å². The summed E-state index contributed by atoms with van der Waals surface area (Å²) < 4.78 is 18.1. The van der Waals surface area contributed by atoms with Gasteiger partial charge in [-0.05, 0) is 42.8 Å². The lowest BCUT2D eigenvalue weighted by atomic mass is 10.2. The Morgan fingerprint density at radius 1 is 1.19 bits per heavy atom. The van der Waals surface area contributed by atoms with Gasteiger partial charge in [0.15, 0.2) is 6.10 Å². The third kappa shape index (κ3) is 6.24. The number of nitrogens with one attached hydrogen (secondary N) is 2. The quantitative estimate of drug-likeness (QED) is 0.459. The molecule has 0 bridgehead atoms. The number of carbonyl (C=O) groups is 2. The minimum atomic E-state index is -0.934. The molecule has 2 aromatic carbocycles. The van der Waals surface area contributed by atoms with Crippen LogP contribution in [0.2, 0.25) is 0 Å². The van der Waals surface area contributed by atoms with Crippen molar-refractivity contribution in [3.63, 3.8) is 0 Å². The van der Waals surface area contributed by atoms with Crippen molar-refractivity contribution in [1.29, 1.82) is 0 Å². The van der Waals surface area contributed by atoms with Gasteiger partial charge in [-0.1, -0.05) is 12.1 Å². The van der Waals surface area contributed by atoms with Gasteiger partial charge in [0.05, 0.1) is 4.92 Å². The molecule has 0 radical (unpaired) electrons. The highest BCUT2D eigenvalue weighted by Gasteiger charge is 2.15. The van der Waals surface area contributed by atoms with Crippen molar-refractivity contribution in [1.82, 2.24) is 10.9 Å². The van der Waals surface area contributed by atoms with Crippen LogP contribution in [0.1, 0.15) is 12.5 Å². The van der Waals surface area contributed by atoms with E-state index in [4.69, 9.17) is 4.74 Å². The van der Waals surface area contributed by atoms with Crippen LogP contribution in [-0.4, -0.2) is 22.8 Å². The maximum absolute atomic E-state index is 12.8. The van der Waals surface area contributed by atoms with Crippen molar-refractivity contribution in [2.75, 3.05) is 0 Å². The van der Waals surface area contributed by atoms with Crippen LogP contribution in [0.5, 0.6) is 5.75 Å². The largest absolute Gasteiger partial charge is 0.481 e.